The molecule has 0 atom stereocenters. The van der Waals surface area contributed by atoms with Gasteiger partial charge in [0.1, 0.15) is 19.7 Å². The Kier molecular flexibility index (Phi) is 5.12. The van der Waals surface area contributed by atoms with Crippen molar-refractivity contribution >= 4 is 6.03 Å². The molecule has 0 unspecified atom stereocenters. The van der Waals surface area contributed by atoms with Crippen molar-refractivity contribution in [2.45, 2.75) is 11.8 Å². The lowest BCUT2D eigenvalue weighted by Crippen LogP contribution is -2.59. The van der Waals surface area contributed by atoms with Gasteiger partial charge in [0.15, 0.2) is 0 Å². The molecule has 2 amide bonds. The predicted octanol–water partition coefficient (Wildman–Crippen LogP) is -1.28. The molecule has 0 aliphatic rings. The first kappa shape index (κ1) is 18.7. The van der Waals surface area contributed by atoms with Crippen LogP contribution in [0.4, 0.5) is 13.6 Å². The van der Waals surface area contributed by atoms with E-state index in [2.05, 4.69) is 5.73 Å². The van der Waals surface area contributed by atoms with E-state index in [1.807, 2.05) is 0 Å². The van der Waals surface area contributed by atoms with Gasteiger partial charge in [0.25, 0.3) is 0 Å². The summed E-state index contributed by atoms with van der Waals surface area (Å²) in [6.07, 6.45) is 0. The van der Waals surface area contributed by atoms with Crippen molar-refractivity contribution in [2.24, 2.45) is 5.73 Å². The van der Waals surface area contributed by atoms with Crippen LogP contribution in [0.5, 0.6) is 0 Å². The number of carbonyl (C=O) groups is 1. The normalized spacial score (nSPS) is 11.5. The van der Waals surface area contributed by atoms with Gasteiger partial charge in [-0.2, -0.15) is 0 Å². The lowest BCUT2D eigenvalue weighted by molar-refractivity contribution is -0.837. The summed E-state index contributed by atoms with van der Waals surface area (Å²) in [5.74, 6) is -9.19. The van der Waals surface area contributed by atoms with Crippen LogP contribution < -0.4 is 5.73 Å². The van der Waals surface area contributed by atoms with E-state index in [0.29, 0.717) is 0 Å². The van der Waals surface area contributed by atoms with E-state index in [1.54, 1.807) is 0 Å². The first-order valence-electron chi connectivity index (χ1n) is 4.79. The van der Waals surface area contributed by atoms with Crippen molar-refractivity contribution in [3.8, 4) is 0 Å². The Hall–Kier alpha value is -3.27. The standard InChI is InChI=1S/C5H6F2N6O9/c6-4(10(15)16,11(17)18)1-9(3(8)14)2-5(7,12(19)20)13(21)22/h1-2H2,(H2,8,14). The molecule has 0 bridgehead atoms. The minimum Gasteiger partial charge on any atom is -0.351 e. The van der Waals surface area contributed by atoms with E-state index in [9.17, 15) is 54.0 Å². The van der Waals surface area contributed by atoms with Crippen LogP contribution in [-0.4, -0.2) is 55.5 Å². The van der Waals surface area contributed by atoms with E-state index >= 15 is 0 Å². The van der Waals surface area contributed by atoms with Gasteiger partial charge in [-0.1, -0.05) is 8.78 Å². The van der Waals surface area contributed by atoms with Gasteiger partial charge in [-0.15, -0.1) is 0 Å². The molecular formula is C5H6F2N6O9. The van der Waals surface area contributed by atoms with Crippen LogP contribution >= 0.6 is 0 Å². The van der Waals surface area contributed by atoms with Crippen molar-refractivity contribution in [2.75, 3.05) is 13.1 Å². The highest BCUT2D eigenvalue weighted by Crippen LogP contribution is 2.20. The van der Waals surface area contributed by atoms with Crippen LogP contribution in [0.1, 0.15) is 0 Å². The molecule has 0 radical (unpaired) electrons. The van der Waals surface area contributed by atoms with Crippen molar-refractivity contribution in [1.29, 1.82) is 0 Å². The number of halogens is 2. The number of urea groups is 1. The Morgan fingerprint density at radius 3 is 1.23 bits per heavy atom. The third-order valence-electron chi connectivity index (χ3n) is 2.21. The van der Waals surface area contributed by atoms with E-state index in [-0.39, 0.29) is 0 Å². The number of nitrogens with two attached hydrogens (primary N) is 1. The summed E-state index contributed by atoms with van der Waals surface area (Å²) < 4.78 is 27.0. The molecule has 0 aromatic carbocycles. The number of amides is 2. The summed E-state index contributed by atoms with van der Waals surface area (Å²) in [6.45, 7) is -4.37. The molecule has 0 fully saturated rings. The number of nitro groups is 4. The molecule has 0 rings (SSSR count). The number of rotatable bonds is 8. The first-order valence-corrected chi connectivity index (χ1v) is 4.79. The third kappa shape index (κ3) is 3.43. The maximum atomic E-state index is 13.5. The van der Waals surface area contributed by atoms with Crippen molar-refractivity contribution in [3.05, 3.63) is 40.5 Å². The fourth-order valence-electron chi connectivity index (χ4n) is 1.06. The van der Waals surface area contributed by atoms with Gasteiger partial charge in [-0.3, -0.25) is 45.4 Å². The van der Waals surface area contributed by atoms with Gasteiger partial charge >= 0.3 is 17.9 Å². The number of primary amides is 1. The Labute approximate surface area is 116 Å². The number of hydrogen-bond acceptors (Lipinski definition) is 9. The van der Waals surface area contributed by atoms with E-state index in [4.69, 9.17) is 0 Å². The van der Waals surface area contributed by atoms with Crippen LogP contribution in [-0.2, 0) is 0 Å². The van der Waals surface area contributed by atoms with Crippen LogP contribution in [0.25, 0.3) is 0 Å². The molecule has 0 aliphatic carbocycles. The van der Waals surface area contributed by atoms with Crippen LogP contribution in [0.2, 0.25) is 0 Å². The van der Waals surface area contributed by atoms with Crippen molar-refractivity contribution in [3.63, 3.8) is 0 Å². The van der Waals surface area contributed by atoms with Crippen molar-refractivity contribution < 1.29 is 33.3 Å². The molecule has 0 heterocycles. The Balaban J connectivity index is 5.65. The first-order chi connectivity index (χ1) is 9.79. The highest BCUT2D eigenvalue weighted by Gasteiger charge is 2.65. The maximum absolute atomic E-state index is 13.5. The molecule has 2 N–H and O–H groups in total. The number of nitrogens with zero attached hydrogens (tertiary/aromatic N) is 5. The largest absolute Gasteiger partial charge is 0.631 e. The van der Waals surface area contributed by atoms with Gasteiger partial charge in [-0.25, -0.2) is 4.79 Å². The molecule has 17 heteroatoms. The Bertz CT molecular complexity index is 471. The zero-order valence-electron chi connectivity index (χ0n) is 10.2. The Morgan fingerprint density at radius 1 is 0.864 bits per heavy atom. The molecular weight excluding hydrogens is 326 g/mol. The summed E-state index contributed by atoms with van der Waals surface area (Å²) in [5.41, 5.74) is 4.51. The third-order valence-corrected chi connectivity index (χ3v) is 2.21. The van der Waals surface area contributed by atoms with Gasteiger partial charge in [0.05, 0.1) is 0 Å². The second-order valence-electron chi connectivity index (χ2n) is 3.66. The number of alkyl halides is 2. The summed E-state index contributed by atoms with van der Waals surface area (Å²) in [5, 5.41) is 41.2. The maximum Gasteiger partial charge on any atom is 0.631 e. The van der Waals surface area contributed by atoms with Gasteiger partial charge in [0.2, 0.25) is 13.1 Å². The molecule has 22 heavy (non-hydrogen) atoms. The molecule has 0 spiro atoms. The van der Waals surface area contributed by atoms with E-state index in [0.717, 1.165) is 0 Å². The number of hydrogen-bond donors (Lipinski definition) is 1. The summed E-state index contributed by atoms with van der Waals surface area (Å²) >= 11 is 0. The van der Waals surface area contributed by atoms with Gasteiger partial charge in [-0.05, 0) is 0 Å². The quantitative estimate of drug-likeness (QED) is 0.241. The van der Waals surface area contributed by atoms with Gasteiger partial charge in [0, 0.05) is 0 Å². The van der Waals surface area contributed by atoms with Crippen LogP contribution in [0.3, 0.4) is 0 Å². The number of carbonyl (C=O) groups excluding carboxylic acids is 1. The molecule has 124 valence electrons. The molecule has 0 aliphatic heterocycles. The predicted molar refractivity (Wildman–Crippen MR) is 56.8 cm³/mol. The average Bonchev–Trinajstić information content (AvgIpc) is 2.36. The van der Waals surface area contributed by atoms with Crippen molar-refractivity contribution in [1.82, 2.24) is 4.90 Å². The molecule has 0 saturated carbocycles. The second kappa shape index (κ2) is 6.01. The fraction of sp³-hybridized carbons (Fsp3) is 0.800. The fourth-order valence-corrected chi connectivity index (χ4v) is 1.06. The molecule has 0 aromatic heterocycles. The smallest absolute Gasteiger partial charge is 0.351 e. The Morgan fingerprint density at radius 2 is 1.09 bits per heavy atom. The second-order valence-corrected chi connectivity index (χ2v) is 3.66. The summed E-state index contributed by atoms with van der Waals surface area (Å²) in [7, 11) is 0. The van der Waals surface area contributed by atoms with E-state index in [1.165, 1.54) is 0 Å². The minimum atomic E-state index is -4.59. The summed E-state index contributed by atoms with van der Waals surface area (Å²) in [6, 6.07) is -1.99. The van der Waals surface area contributed by atoms with Crippen LogP contribution in [0, 0.1) is 40.5 Å². The van der Waals surface area contributed by atoms with Gasteiger partial charge < -0.3 is 5.73 Å². The lowest BCUT2D eigenvalue weighted by Gasteiger charge is -2.20. The average molecular weight is 332 g/mol. The monoisotopic (exact) mass is 332 g/mol. The molecule has 0 aromatic rings. The molecule has 0 saturated heterocycles. The highest BCUT2D eigenvalue weighted by molar-refractivity contribution is 5.72. The highest BCUT2D eigenvalue weighted by atomic mass is 19.2. The SMILES string of the molecule is NC(=O)N(CC(F)([N+](=O)[O-])[N+](=O)[O-])CC(F)([N+](=O)[O-])[N+](=O)[O-]. The lowest BCUT2D eigenvalue weighted by atomic mass is 10.3. The van der Waals surface area contributed by atoms with Crippen LogP contribution in [0.15, 0.2) is 0 Å². The zero-order chi connectivity index (χ0) is 17.9. The summed E-state index contributed by atoms with van der Waals surface area (Å²) in [4.78, 5) is 43.0. The van der Waals surface area contributed by atoms with E-state index < -0.39 is 55.5 Å². The topological polar surface area (TPSA) is 219 Å². The minimum absolute atomic E-state index is 0.628. The molecule has 15 nitrogen and oxygen atoms in total. The zero-order valence-corrected chi connectivity index (χ0v) is 10.2.